The summed E-state index contributed by atoms with van der Waals surface area (Å²) in [5.41, 5.74) is 1.33. The summed E-state index contributed by atoms with van der Waals surface area (Å²) in [7, 11) is 3.12. The van der Waals surface area contributed by atoms with Crippen molar-refractivity contribution in [1.82, 2.24) is 5.32 Å². The number of ether oxygens (including phenoxy) is 2. The van der Waals surface area contributed by atoms with E-state index in [0.29, 0.717) is 37.6 Å². The summed E-state index contributed by atoms with van der Waals surface area (Å²) < 4.78 is 10.2. The SMILES string of the molecule is COCCNC(=O)Nc1ccc(N2CCCC2=O)c(OC)c1. The van der Waals surface area contributed by atoms with E-state index in [0.717, 1.165) is 12.1 Å². The van der Waals surface area contributed by atoms with Crippen LogP contribution in [0.3, 0.4) is 0 Å². The second-order valence-electron chi connectivity index (χ2n) is 4.91. The number of methoxy groups -OCH3 is 2. The molecule has 2 rings (SSSR count). The highest BCUT2D eigenvalue weighted by molar-refractivity contribution is 5.97. The molecule has 0 unspecified atom stereocenters. The molecule has 0 aromatic heterocycles. The van der Waals surface area contributed by atoms with E-state index in [2.05, 4.69) is 10.6 Å². The van der Waals surface area contributed by atoms with Gasteiger partial charge in [-0.15, -0.1) is 0 Å². The van der Waals surface area contributed by atoms with Gasteiger partial charge in [0.05, 0.1) is 19.4 Å². The Labute approximate surface area is 129 Å². The molecule has 1 aliphatic heterocycles. The number of nitrogens with zero attached hydrogens (tertiary/aromatic N) is 1. The highest BCUT2D eigenvalue weighted by Crippen LogP contribution is 2.33. The van der Waals surface area contributed by atoms with E-state index in [4.69, 9.17) is 9.47 Å². The van der Waals surface area contributed by atoms with Crippen molar-refractivity contribution in [3.63, 3.8) is 0 Å². The number of hydrogen-bond donors (Lipinski definition) is 2. The molecule has 120 valence electrons. The van der Waals surface area contributed by atoms with Crippen LogP contribution in [0.1, 0.15) is 12.8 Å². The van der Waals surface area contributed by atoms with Crippen molar-refractivity contribution < 1.29 is 19.1 Å². The van der Waals surface area contributed by atoms with E-state index >= 15 is 0 Å². The molecule has 7 nitrogen and oxygen atoms in total. The van der Waals surface area contributed by atoms with Crippen molar-refractivity contribution in [3.8, 4) is 5.75 Å². The van der Waals surface area contributed by atoms with Crippen LogP contribution in [0, 0.1) is 0 Å². The maximum absolute atomic E-state index is 11.8. The van der Waals surface area contributed by atoms with Gasteiger partial charge in [0.25, 0.3) is 0 Å². The highest BCUT2D eigenvalue weighted by Gasteiger charge is 2.24. The molecule has 2 N–H and O–H groups in total. The molecule has 1 aromatic rings. The van der Waals surface area contributed by atoms with Crippen LogP contribution in [0.25, 0.3) is 0 Å². The highest BCUT2D eigenvalue weighted by atomic mass is 16.5. The third kappa shape index (κ3) is 3.88. The number of benzene rings is 1. The molecule has 0 atom stereocenters. The maximum Gasteiger partial charge on any atom is 0.319 e. The first-order valence-corrected chi connectivity index (χ1v) is 7.18. The molecule has 0 spiro atoms. The van der Waals surface area contributed by atoms with E-state index in [1.54, 1.807) is 37.3 Å². The van der Waals surface area contributed by atoms with Gasteiger partial charge in [0, 0.05) is 38.4 Å². The third-order valence-electron chi connectivity index (χ3n) is 3.39. The average molecular weight is 307 g/mol. The number of carbonyl (C=O) groups excluding carboxylic acids is 2. The number of rotatable bonds is 6. The fourth-order valence-electron chi connectivity index (χ4n) is 2.32. The zero-order valence-corrected chi connectivity index (χ0v) is 12.8. The number of anilines is 2. The van der Waals surface area contributed by atoms with Gasteiger partial charge in [0.15, 0.2) is 0 Å². The summed E-state index contributed by atoms with van der Waals surface area (Å²) >= 11 is 0. The predicted molar refractivity (Wildman–Crippen MR) is 83.5 cm³/mol. The number of hydrogen-bond acceptors (Lipinski definition) is 4. The van der Waals surface area contributed by atoms with E-state index in [1.807, 2.05) is 0 Å². The van der Waals surface area contributed by atoms with Gasteiger partial charge in [-0.05, 0) is 18.6 Å². The summed E-state index contributed by atoms with van der Waals surface area (Å²) in [4.78, 5) is 25.2. The average Bonchev–Trinajstić information content (AvgIpc) is 2.93. The first-order valence-electron chi connectivity index (χ1n) is 7.18. The van der Waals surface area contributed by atoms with Gasteiger partial charge in [-0.25, -0.2) is 4.79 Å². The molecule has 0 saturated carbocycles. The van der Waals surface area contributed by atoms with Gasteiger partial charge < -0.3 is 25.0 Å². The number of nitrogens with one attached hydrogen (secondary N) is 2. The van der Waals surface area contributed by atoms with Crippen molar-refractivity contribution in [1.29, 1.82) is 0 Å². The minimum absolute atomic E-state index is 0.0938. The molecule has 1 saturated heterocycles. The first kappa shape index (κ1) is 16.1. The number of amides is 3. The molecule has 1 aromatic carbocycles. The molecule has 1 heterocycles. The topological polar surface area (TPSA) is 79.9 Å². The Balaban J connectivity index is 2.05. The van der Waals surface area contributed by atoms with Gasteiger partial charge in [-0.1, -0.05) is 0 Å². The molecule has 22 heavy (non-hydrogen) atoms. The quantitative estimate of drug-likeness (QED) is 0.782. The van der Waals surface area contributed by atoms with Gasteiger partial charge in [0.1, 0.15) is 5.75 Å². The van der Waals surface area contributed by atoms with E-state index < -0.39 is 0 Å². The molecule has 0 bridgehead atoms. The normalized spacial score (nSPS) is 14.1. The molecular formula is C15H21N3O4. The Kier molecular flexibility index (Phi) is 5.60. The first-order chi connectivity index (χ1) is 10.7. The molecular weight excluding hydrogens is 286 g/mol. The minimum Gasteiger partial charge on any atom is -0.494 e. The molecule has 0 aliphatic carbocycles. The van der Waals surface area contributed by atoms with Crippen molar-refractivity contribution in [2.24, 2.45) is 0 Å². The Morgan fingerprint density at radius 1 is 1.36 bits per heavy atom. The lowest BCUT2D eigenvalue weighted by Gasteiger charge is -2.19. The Morgan fingerprint density at radius 3 is 2.82 bits per heavy atom. The third-order valence-corrected chi connectivity index (χ3v) is 3.39. The molecule has 1 fully saturated rings. The Bertz CT molecular complexity index is 548. The standard InChI is InChI=1S/C15H21N3O4/c1-21-9-7-16-15(20)17-11-5-6-12(13(10-11)22-2)18-8-3-4-14(18)19/h5-6,10H,3-4,7-9H2,1-2H3,(H2,16,17,20). The van der Waals surface area contributed by atoms with Crippen molar-refractivity contribution in [3.05, 3.63) is 18.2 Å². The van der Waals surface area contributed by atoms with Crippen LogP contribution in [0.2, 0.25) is 0 Å². The van der Waals surface area contributed by atoms with Crippen LogP contribution in [0.15, 0.2) is 18.2 Å². The monoisotopic (exact) mass is 307 g/mol. The predicted octanol–water partition coefficient (Wildman–Crippen LogP) is 1.59. The summed E-state index contributed by atoms with van der Waals surface area (Å²) in [5, 5.41) is 5.38. The van der Waals surface area contributed by atoms with Gasteiger partial charge in [0.2, 0.25) is 5.91 Å². The molecule has 1 aliphatic rings. The summed E-state index contributed by atoms with van der Waals surface area (Å²) in [6, 6.07) is 4.92. The van der Waals surface area contributed by atoms with Gasteiger partial charge >= 0.3 is 6.03 Å². The van der Waals surface area contributed by atoms with Crippen molar-refractivity contribution in [2.45, 2.75) is 12.8 Å². The van der Waals surface area contributed by atoms with Crippen LogP contribution < -0.4 is 20.3 Å². The van der Waals surface area contributed by atoms with Crippen LogP contribution in [0.5, 0.6) is 5.75 Å². The lowest BCUT2D eigenvalue weighted by molar-refractivity contribution is -0.117. The minimum atomic E-state index is -0.316. The smallest absolute Gasteiger partial charge is 0.319 e. The number of urea groups is 1. The summed E-state index contributed by atoms with van der Waals surface area (Å²) in [6.07, 6.45) is 1.41. The van der Waals surface area contributed by atoms with Gasteiger partial charge in [-0.3, -0.25) is 4.79 Å². The second kappa shape index (κ2) is 7.65. The lowest BCUT2D eigenvalue weighted by Crippen LogP contribution is -2.31. The van der Waals surface area contributed by atoms with Crippen LogP contribution in [0.4, 0.5) is 16.2 Å². The fraction of sp³-hybridized carbons (Fsp3) is 0.467. The maximum atomic E-state index is 11.8. The van der Waals surface area contributed by atoms with Crippen LogP contribution in [-0.2, 0) is 9.53 Å². The summed E-state index contributed by atoms with van der Waals surface area (Å²) in [6.45, 7) is 1.58. The van der Waals surface area contributed by atoms with Crippen LogP contribution >= 0.6 is 0 Å². The Morgan fingerprint density at radius 2 is 2.18 bits per heavy atom. The van der Waals surface area contributed by atoms with Crippen molar-refractivity contribution in [2.75, 3.05) is 44.1 Å². The largest absolute Gasteiger partial charge is 0.494 e. The fourth-order valence-corrected chi connectivity index (χ4v) is 2.32. The van der Waals surface area contributed by atoms with E-state index in [-0.39, 0.29) is 11.9 Å². The lowest BCUT2D eigenvalue weighted by atomic mass is 10.2. The molecule has 0 radical (unpaired) electrons. The Hall–Kier alpha value is -2.28. The number of carbonyl (C=O) groups is 2. The molecule has 7 heteroatoms. The van der Waals surface area contributed by atoms with E-state index in [1.165, 1.54) is 0 Å². The zero-order valence-electron chi connectivity index (χ0n) is 12.8. The van der Waals surface area contributed by atoms with Gasteiger partial charge in [-0.2, -0.15) is 0 Å². The molecule has 3 amide bonds. The second-order valence-corrected chi connectivity index (χ2v) is 4.91. The zero-order chi connectivity index (χ0) is 15.9. The van der Waals surface area contributed by atoms with Crippen molar-refractivity contribution >= 4 is 23.3 Å². The van der Waals surface area contributed by atoms with Crippen LogP contribution in [-0.4, -0.2) is 45.9 Å². The summed E-state index contributed by atoms with van der Waals surface area (Å²) in [5.74, 6) is 0.654. The van der Waals surface area contributed by atoms with E-state index in [9.17, 15) is 9.59 Å².